The molecule has 0 aromatic carbocycles. The van der Waals surface area contributed by atoms with Crippen LogP contribution >= 0.6 is 0 Å². The van der Waals surface area contributed by atoms with E-state index in [2.05, 4.69) is 31.5 Å². The number of rotatable bonds is 3. The van der Waals surface area contributed by atoms with Crippen molar-refractivity contribution < 1.29 is 0 Å². The van der Waals surface area contributed by atoms with Gasteiger partial charge in [-0.3, -0.25) is 4.90 Å². The highest BCUT2D eigenvalue weighted by Crippen LogP contribution is 2.08. The van der Waals surface area contributed by atoms with Crippen LogP contribution in [0.4, 0.5) is 0 Å². The SMILES string of the molecule is BN1CCN(C(C)CCC)CC1. The van der Waals surface area contributed by atoms with Gasteiger partial charge in [0.1, 0.15) is 0 Å². The quantitative estimate of drug-likeness (QED) is 0.560. The van der Waals surface area contributed by atoms with Gasteiger partial charge >= 0.3 is 0 Å². The summed E-state index contributed by atoms with van der Waals surface area (Å²) in [6.45, 7) is 9.64. The van der Waals surface area contributed by atoms with Gasteiger partial charge in [-0.05, 0) is 26.4 Å². The van der Waals surface area contributed by atoms with Gasteiger partial charge in [0.15, 0.2) is 7.98 Å². The van der Waals surface area contributed by atoms with Crippen molar-refractivity contribution in [3.05, 3.63) is 0 Å². The van der Waals surface area contributed by atoms with Crippen LogP contribution in [0, 0.1) is 0 Å². The average molecular weight is 168 g/mol. The molecule has 0 aromatic rings. The van der Waals surface area contributed by atoms with Gasteiger partial charge < -0.3 is 4.81 Å². The third-order valence-electron chi connectivity index (χ3n) is 2.87. The van der Waals surface area contributed by atoms with E-state index in [4.69, 9.17) is 0 Å². The Balaban J connectivity index is 2.24. The fourth-order valence-electron chi connectivity index (χ4n) is 1.86. The Labute approximate surface area is 77.3 Å². The van der Waals surface area contributed by atoms with Gasteiger partial charge in [-0.1, -0.05) is 13.3 Å². The predicted octanol–water partition coefficient (Wildman–Crippen LogP) is 0.341. The third-order valence-corrected chi connectivity index (χ3v) is 2.87. The van der Waals surface area contributed by atoms with Crippen LogP contribution < -0.4 is 0 Å². The van der Waals surface area contributed by atoms with Crippen molar-refractivity contribution in [2.45, 2.75) is 32.7 Å². The molecule has 2 nitrogen and oxygen atoms in total. The second-order valence-electron chi connectivity index (χ2n) is 3.98. The maximum atomic E-state index is 2.61. The summed E-state index contributed by atoms with van der Waals surface area (Å²) in [4.78, 5) is 5.03. The Morgan fingerprint density at radius 2 is 1.83 bits per heavy atom. The zero-order valence-electron chi connectivity index (χ0n) is 8.71. The summed E-state index contributed by atoms with van der Waals surface area (Å²) in [5, 5.41) is 0. The first-order chi connectivity index (χ1) is 5.74. The van der Waals surface area contributed by atoms with E-state index in [9.17, 15) is 0 Å². The molecule has 1 rings (SSSR count). The fraction of sp³-hybridized carbons (Fsp3) is 1.00. The molecule has 70 valence electrons. The summed E-state index contributed by atoms with van der Waals surface area (Å²) in [5.74, 6) is 0. The zero-order chi connectivity index (χ0) is 8.97. The van der Waals surface area contributed by atoms with Gasteiger partial charge in [0.2, 0.25) is 0 Å². The summed E-state index contributed by atoms with van der Waals surface area (Å²) in [6, 6.07) is 0.795. The standard InChI is InChI=1S/C9H21BN2/c1-3-4-9(2)11-5-7-12(10)8-6-11/h9H,3-8,10H2,1-2H3. The van der Waals surface area contributed by atoms with Crippen LogP contribution in [-0.2, 0) is 0 Å². The number of piperazine rings is 1. The largest absolute Gasteiger partial charge is 0.346 e. The van der Waals surface area contributed by atoms with E-state index in [1.165, 1.54) is 39.0 Å². The van der Waals surface area contributed by atoms with Crippen LogP contribution in [0.15, 0.2) is 0 Å². The fourth-order valence-corrected chi connectivity index (χ4v) is 1.86. The summed E-state index contributed by atoms with van der Waals surface area (Å²) in [6.07, 6.45) is 2.66. The Kier molecular flexibility index (Phi) is 4.09. The van der Waals surface area contributed by atoms with Crippen LogP contribution in [0.5, 0.6) is 0 Å². The molecule has 0 aromatic heterocycles. The molecule has 0 spiro atoms. The highest BCUT2D eigenvalue weighted by Gasteiger charge is 2.17. The third kappa shape index (κ3) is 2.79. The molecule has 0 N–H and O–H groups in total. The normalized spacial score (nSPS) is 24.2. The summed E-state index contributed by atoms with van der Waals surface area (Å²) >= 11 is 0. The number of hydrogen-bond donors (Lipinski definition) is 0. The maximum absolute atomic E-state index is 2.61. The second kappa shape index (κ2) is 4.88. The first-order valence-electron chi connectivity index (χ1n) is 5.16. The molecule has 1 atom stereocenters. The molecule has 1 saturated heterocycles. The minimum atomic E-state index is 0.795. The number of hydrogen-bond acceptors (Lipinski definition) is 2. The molecule has 1 heterocycles. The molecule has 3 heteroatoms. The van der Waals surface area contributed by atoms with Gasteiger partial charge in [0.25, 0.3) is 0 Å². The van der Waals surface area contributed by atoms with E-state index >= 15 is 0 Å². The Hall–Kier alpha value is -0.0151. The van der Waals surface area contributed by atoms with E-state index in [-0.39, 0.29) is 0 Å². The molecule has 0 bridgehead atoms. The van der Waals surface area contributed by atoms with Gasteiger partial charge in [0.05, 0.1) is 0 Å². The molecule has 0 aliphatic carbocycles. The highest BCUT2D eigenvalue weighted by atomic mass is 15.2. The molecule has 0 amide bonds. The van der Waals surface area contributed by atoms with Crippen molar-refractivity contribution in [3.63, 3.8) is 0 Å². The van der Waals surface area contributed by atoms with E-state index in [1.54, 1.807) is 0 Å². The van der Waals surface area contributed by atoms with Crippen molar-refractivity contribution in [2.75, 3.05) is 26.2 Å². The van der Waals surface area contributed by atoms with E-state index in [0.29, 0.717) is 0 Å². The lowest BCUT2D eigenvalue weighted by Crippen LogP contribution is -2.48. The molecule has 12 heavy (non-hydrogen) atoms. The Bertz CT molecular complexity index is 122. The highest BCUT2D eigenvalue weighted by molar-refractivity contribution is 6.04. The smallest absolute Gasteiger partial charge is 0.185 e. The monoisotopic (exact) mass is 168 g/mol. The average Bonchev–Trinajstić information content (AvgIpc) is 2.06. The molecule has 1 aliphatic rings. The van der Waals surface area contributed by atoms with Gasteiger partial charge in [0, 0.05) is 19.1 Å². The zero-order valence-corrected chi connectivity index (χ0v) is 8.71. The van der Waals surface area contributed by atoms with E-state index in [1.807, 2.05) is 0 Å². The van der Waals surface area contributed by atoms with Crippen LogP contribution in [0.2, 0.25) is 0 Å². The molecule has 1 unspecified atom stereocenters. The lowest BCUT2D eigenvalue weighted by molar-refractivity contribution is 0.141. The molecule has 0 radical (unpaired) electrons. The van der Waals surface area contributed by atoms with Crippen molar-refractivity contribution in [2.24, 2.45) is 0 Å². The van der Waals surface area contributed by atoms with Gasteiger partial charge in [-0.2, -0.15) is 0 Å². The topological polar surface area (TPSA) is 6.48 Å². The van der Waals surface area contributed by atoms with E-state index < -0.39 is 0 Å². The van der Waals surface area contributed by atoms with Crippen LogP contribution in [0.3, 0.4) is 0 Å². The van der Waals surface area contributed by atoms with Crippen LogP contribution in [0.25, 0.3) is 0 Å². The maximum Gasteiger partial charge on any atom is 0.185 e. The molecular weight excluding hydrogens is 147 g/mol. The second-order valence-corrected chi connectivity index (χ2v) is 3.98. The number of nitrogens with zero attached hydrogens (tertiary/aromatic N) is 2. The van der Waals surface area contributed by atoms with Gasteiger partial charge in [-0.15, -0.1) is 0 Å². The van der Waals surface area contributed by atoms with Gasteiger partial charge in [-0.25, -0.2) is 0 Å². The predicted molar refractivity (Wildman–Crippen MR) is 56.1 cm³/mol. The van der Waals surface area contributed by atoms with E-state index in [0.717, 1.165) is 6.04 Å². The summed E-state index contributed by atoms with van der Waals surface area (Å²) in [5.41, 5.74) is 0. The van der Waals surface area contributed by atoms with Crippen molar-refractivity contribution >= 4 is 7.98 Å². The first-order valence-corrected chi connectivity index (χ1v) is 5.16. The molecule has 1 fully saturated rings. The minimum Gasteiger partial charge on any atom is -0.346 e. The Morgan fingerprint density at radius 1 is 1.25 bits per heavy atom. The Morgan fingerprint density at radius 3 is 2.33 bits per heavy atom. The van der Waals surface area contributed by atoms with Crippen LogP contribution in [0.1, 0.15) is 26.7 Å². The lowest BCUT2D eigenvalue weighted by atomic mass is 10.1. The van der Waals surface area contributed by atoms with Crippen molar-refractivity contribution in [1.82, 2.24) is 9.71 Å². The van der Waals surface area contributed by atoms with Crippen molar-refractivity contribution in [1.29, 1.82) is 0 Å². The molecular formula is C9H21BN2. The summed E-state index contributed by atoms with van der Waals surface area (Å²) in [7, 11) is 2.21. The minimum absolute atomic E-state index is 0.795. The molecule has 1 aliphatic heterocycles. The lowest BCUT2D eigenvalue weighted by Gasteiger charge is -2.36. The molecule has 0 saturated carbocycles. The first kappa shape index (κ1) is 10.1. The van der Waals surface area contributed by atoms with Crippen LogP contribution in [-0.4, -0.2) is 49.9 Å². The van der Waals surface area contributed by atoms with Crippen molar-refractivity contribution in [3.8, 4) is 0 Å². The summed E-state index contributed by atoms with van der Waals surface area (Å²) < 4.78 is 0.